The van der Waals surface area contributed by atoms with Crippen molar-refractivity contribution < 1.29 is 27.5 Å². The van der Waals surface area contributed by atoms with Gasteiger partial charge in [-0.05, 0) is 18.1 Å². The molecule has 0 heterocycles. The van der Waals surface area contributed by atoms with E-state index in [1.165, 1.54) is 6.08 Å². The minimum absolute atomic E-state index is 0.424. The van der Waals surface area contributed by atoms with Crippen LogP contribution in [0.5, 0.6) is 0 Å². The monoisotopic (exact) mass is 397 g/mol. The Morgan fingerprint density at radius 2 is 1.85 bits per heavy atom. The van der Waals surface area contributed by atoms with Crippen molar-refractivity contribution in [3.05, 3.63) is 41.3 Å². The Hall–Kier alpha value is -2.72. The molecule has 0 bridgehead atoms. The van der Waals surface area contributed by atoms with Gasteiger partial charge in [0.1, 0.15) is 6.54 Å². The maximum Gasteiger partial charge on any atom is 0.321 e. The lowest BCUT2D eigenvalue weighted by Gasteiger charge is -2.07. The number of carbonyl (C=O) groups is 3. The fraction of sp³-hybridized carbons (Fsp3) is 0.353. The molecule has 0 fully saturated rings. The number of esters is 1. The fourth-order valence-electron chi connectivity index (χ4n) is 1.72. The van der Waals surface area contributed by atoms with Crippen LogP contribution in [-0.4, -0.2) is 46.0 Å². The second kappa shape index (κ2) is 11.8. The minimum atomic E-state index is -3.84. The molecule has 1 rings (SSSR count). The van der Waals surface area contributed by atoms with Gasteiger partial charge in [0.25, 0.3) is 5.91 Å². The van der Waals surface area contributed by atoms with Gasteiger partial charge in [0.05, 0.1) is 0 Å². The first-order valence-electron chi connectivity index (χ1n) is 8.28. The smallest absolute Gasteiger partial charge is 0.321 e. The average Bonchev–Trinajstić information content (AvgIpc) is 2.64. The fourth-order valence-corrected chi connectivity index (χ4v) is 2.47. The molecule has 3 amide bonds. The Bertz CT molecular complexity index is 762. The molecular formula is C17H23N3O6S. The van der Waals surface area contributed by atoms with Crippen LogP contribution in [0.25, 0.3) is 6.08 Å². The number of sulfonamides is 1. The van der Waals surface area contributed by atoms with Crippen LogP contribution in [0.4, 0.5) is 4.79 Å². The number of unbranched alkanes of at least 4 members (excludes halogenated alkanes) is 1. The SMILES string of the molecule is CCCCNC(=O)NC(=O)COC(=O)CNS(=O)(=O)/C=C/c1ccccc1. The zero-order valence-corrected chi connectivity index (χ0v) is 15.8. The van der Waals surface area contributed by atoms with Gasteiger partial charge in [0.15, 0.2) is 6.61 Å². The molecular weight excluding hydrogens is 374 g/mol. The van der Waals surface area contributed by atoms with Gasteiger partial charge in [-0.1, -0.05) is 43.7 Å². The Labute approximate surface area is 158 Å². The van der Waals surface area contributed by atoms with Crippen molar-refractivity contribution in [1.29, 1.82) is 0 Å². The van der Waals surface area contributed by atoms with Gasteiger partial charge < -0.3 is 10.1 Å². The molecule has 1 aromatic rings. The van der Waals surface area contributed by atoms with Crippen molar-refractivity contribution in [2.24, 2.45) is 0 Å². The highest BCUT2D eigenvalue weighted by atomic mass is 32.2. The normalized spacial score (nSPS) is 11.1. The molecule has 0 radical (unpaired) electrons. The van der Waals surface area contributed by atoms with Gasteiger partial charge in [-0.3, -0.25) is 14.9 Å². The van der Waals surface area contributed by atoms with E-state index in [0.29, 0.717) is 12.1 Å². The van der Waals surface area contributed by atoms with Crippen molar-refractivity contribution in [2.75, 3.05) is 19.7 Å². The standard InChI is InChI=1S/C17H23N3O6S/c1-2-3-10-18-17(23)20-15(21)13-26-16(22)12-19-27(24,25)11-9-14-7-5-4-6-8-14/h4-9,11,19H,2-3,10,12-13H2,1H3,(H2,18,20,21,23)/b11-9+. The van der Waals surface area contributed by atoms with E-state index in [0.717, 1.165) is 18.2 Å². The van der Waals surface area contributed by atoms with Crippen molar-refractivity contribution in [2.45, 2.75) is 19.8 Å². The summed E-state index contributed by atoms with van der Waals surface area (Å²) in [6.07, 6.45) is 3.04. The van der Waals surface area contributed by atoms with Crippen LogP contribution in [0.1, 0.15) is 25.3 Å². The molecule has 0 aliphatic heterocycles. The summed E-state index contributed by atoms with van der Waals surface area (Å²) in [5.41, 5.74) is 0.680. The van der Waals surface area contributed by atoms with Crippen LogP contribution in [0.15, 0.2) is 35.7 Å². The maximum atomic E-state index is 11.8. The van der Waals surface area contributed by atoms with Crippen LogP contribution in [-0.2, 0) is 24.3 Å². The van der Waals surface area contributed by atoms with Gasteiger partial charge >= 0.3 is 12.0 Å². The molecule has 0 saturated heterocycles. The van der Waals surface area contributed by atoms with Crippen LogP contribution in [0.3, 0.4) is 0 Å². The molecule has 27 heavy (non-hydrogen) atoms. The summed E-state index contributed by atoms with van der Waals surface area (Å²) in [5.74, 6) is -1.77. The number of urea groups is 1. The van der Waals surface area contributed by atoms with Crippen molar-refractivity contribution in [3.63, 3.8) is 0 Å². The lowest BCUT2D eigenvalue weighted by Crippen LogP contribution is -2.42. The topological polar surface area (TPSA) is 131 Å². The van der Waals surface area contributed by atoms with Crippen molar-refractivity contribution >= 4 is 34.0 Å². The van der Waals surface area contributed by atoms with E-state index in [1.807, 2.05) is 17.0 Å². The molecule has 0 aliphatic rings. The van der Waals surface area contributed by atoms with Crippen LogP contribution >= 0.6 is 0 Å². The summed E-state index contributed by atoms with van der Waals surface area (Å²) in [7, 11) is -3.84. The molecule has 148 valence electrons. The number of carbonyl (C=O) groups excluding carboxylic acids is 3. The third-order valence-corrected chi connectivity index (χ3v) is 4.13. The lowest BCUT2D eigenvalue weighted by atomic mass is 10.2. The number of amides is 3. The number of rotatable bonds is 10. The first-order chi connectivity index (χ1) is 12.8. The number of hydrogen-bond acceptors (Lipinski definition) is 6. The second-order valence-corrected chi connectivity index (χ2v) is 7.05. The summed E-state index contributed by atoms with van der Waals surface area (Å²) in [6, 6.07) is 8.06. The van der Waals surface area contributed by atoms with E-state index in [4.69, 9.17) is 0 Å². The molecule has 9 nitrogen and oxygen atoms in total. The van der Waals surface area contributed by atoms with Crippen molar-refractivity contribution in [1.82, 2.24) is 15.4 Å². The van der Waals surface area contributed by atoms with E-state index in [2.05, 4.69) is 10.1 Å². The van der Waals surface area contributed by atoms with E-state index >= 15 is 0 Å². The minimum Gasteiger partial charge on any atom is -0.455 e. The number of hydrogen-bond donors (Lipinski definition) is 3. The highest BCUT2D eigenvalue weighted by Crippen LogP contribution is 2.02. The molecule has 0 unspecified atom stereocenters. The molecule has 3 N–H and O–H groups in total. The average molecular weight is 397 g/mol. The van der Waals surface area contributed by atoms with Gasteiger partial charge in [0.2, 0.25) is 10.0 Å². The Kier molecular flexibility index (Phi) is 9.76. The van der Waals surface area contributed by atoms with E-state index in [9.17, 15) is 22.8 Å². The lowest BCUT2D eigenvalue weighted by molar-refractivity contribution is -0.147. The Morgan fingerprint density at radius 3 is 2.52 bits per heavy atom. The number of nitrogens with one attached hydrogen (secondary N) is 3. The molecule has 0 atom stereocenters. The van der Waals surface area contributed by atoms with Crippen LogP contribution < -0.4 is 15.4 Å². The van der Waals surface area contributed by atoms with E-state index < -0.39 is 41.1 Å². The summed E-state index contributed by atoms with van der Waals surface area (Å²) in [5, 5.41) is 5.37. The van der Waals surface area contributed by atoms with Gasteiger partial charge in [-0.25, -0.2) is 17.9 Å². The highest BCUT2D eigenvalue weighted by molar-refractivity contribution is 7.92. The zero-order chi connectivity index (χ0) is 20.1. The molecule has 0 saturated carbocycles. The van der Waals surface area contributed by atoms with Gasteiger partial charge in [-0.2, -0.15) is 0 Å². The number of benzene rings is 1. The predicted octanol–water partition coefficient (Wildman–Crippen LogP) is 0.746. The molecule has 1 aromatic carbocycles. The largest absolute Gasteiger partial charge is 0.455 e. The molecule has 0 spiro atoms. The van der Waals surface area contributed by atoms with Crippen LogP contribution in [0.2, 0.25) is 0 Å². The molecule has 0 aliphatic carbocycles. The van der Waals surface area contributed by atoms with E-state index in [1.54, 1.807) is 30.3 Å². The summed E-state index contributed by atoms with van der Waals surface area (Å²) in [4.78, 5) is 34.3. The van der Waals surface area contributed by atoms with E-state index in [-0.39, 0.29) is 0 Å². The number of imide groups is 1. The zero-order valence-electron chi connectivity index (χ0n) is 14.9. The third kappa shape index (κ3) is 10.8. The molecule has 0 aromatic heterocycles. The highest BCUT2D eigenvalue weighted by Gasteiger charge is 2.13. The summed E-state index contributed by atoms with van der Waals surface area (Å²) in [6.45, 7) is 1.04. The Balaban J connectivity index is 2.30. The van der Waals surface area contributed by atoms with Crippen LogP contribution in [0, 0.1) is 0 Å². The quantitative estimate of drug-likeness (QED) is 0.394. The Morgan fingerprint density at radius 1 is 1.15 bits per heavy atom. The van der Waals surface area contributed by atoms with Gasteiger partial charge in [-0.15, -0.1) is 0 Å². The van der Waals surface area contributed by atoms with Crippen molar-refractivity contribution in [3.8, 4) is 0 Å². The first-order valence-corrected chi connectivity index (χ1v) is 9.83. The predicted molar refractivity (Wildman–Crippen MR) is 99.8 cm³/mol. The summed E-state index contributed by atoms with van der Waals surface area (Å²) < 4.78 is 30.2. The summed E-state index contributed by atoms with van der Waals surface area (Å²) >= 11 is 0. The first kappa shape index (κ1) is 22.3. The maximum absolute atomic E-state index is 11.8. The second-order valence-electron chi connectivity index (χ2n) is 5.40. The molecule has 10 heteroatoms. The third-order valence-electron chi connectivity index (χ3n) is 3.09. The number of ether oxygens (including phenoxy) is 1. The van der Waals surface area contributed by atoms with Gasteiger partial charge in [0, 0.05) is 12.0 Å².